The maximum Gasteiger partial charge on any atom is 0.456 e. The van der Waals surface area contributed by atoms with Crippen molar-refractivity contribution >= 4 is 33.0 Å². The summed E-state index contributed by atoms with van der Waals surface area (Å²) < 4.78 is 123. The summed E-state index contributed by atoms with van der Waals surface area (Å²) >= 11 is 0. The lowest BCUT2D eigenvalue weighted by Crippen LogP contribution is -2.47. The zero-order valence-corrected chi connectivity index (χ0v) is 27.7. The van der Waals surface area contributed by atoms with Crippen LogP contribution in [0.3, 0.4) is 0 Å². The second-order valence-corrected chi connectivity index (χ2v) is 14.1. The van der Waals surface area contributed by atoms with Crippen molar-refractivity contribution in [3.05, 3.63) is 91.0 Å². The molecule has 0 unspecified atom stereocenters. The van der Waals surface area contributed by atoms with Gasteiger partial charge in [0.2, 0.25) is 0 Å². The van der Waals surface area contributed by atoms with Crippen molar-refractivity contribution in [3.63, 3.8) is 0 Å². The molecule has 49 heavy (non-hydrogen) atoms. The number of hydrogen-bond acceptors (Lipinski definition) is 8. The van der Waals surface area contributed by atoms with E-state index in [1.165, 1.54) is 21.6 Å². The molecule has 0 spiro atoms. The summed E-state index contributed by atoms with van der Waals surface area (Å²) in [7, 11) is -6.66. The molecule has 0 bridgehead atoms. The third kappa shape index (κ3) is 10.9. The fraction of sp³-hybridized carbons (Fsp3) is 0.394. The van der Waals surface area contributed by atoms with Crippen LogP contribution >= 0.6 is 0 Å². The Morgan fingerprint density at radius 3 is 1.57 bits per heavy atom. The molecule has 0 radical (unpaired) electrons. The minimum atomic E-state index is -6.64. The maximum absolute atomic E-state index is 13.5. The van der Waals surface area contributed by atoms with Crippen molar-refractivity contribution in [2.75, 3.05) is 13.2 Å². The van der Waals surface area contributed by atoms with Crippen LogP contribution < -0.4 is 0 Å². The molecule has 0 saturated heterocycles. The molecule has 268 valence electrons. The summed E-state index contributed by atoms with van der Waals surface area (Å²) in [4.78, 5) is 27.0. The molecule has 0 aromatic heterocycles. The molecular formula is C33H34F6O8S2. The summed E-state index contributed by atoms with van der Waals surface area (Å²) in [5, 5.41) is -5.88. The predicted octanol–water partition coefficient (Wildman–Crippen LogP) is 7.21. The largest absolute Gasteiger partial charge is 0.743 e. The summed E-state index contributed by atoms with van der Waals surface area (Å²) in [6.07, 6.45) is -7.59. The maximum atomic E-state index is 13.5. The average Bonchev–Trinajstić information content (AvgIpc) is 3.06. The summed E-state index contributed by atoms with van der Waals surface area (Å²) in [6.45, 7) is -0.266. The third-order valence-corrected chi connectivity index (χ3v) is 10.3. The SMILES string of the molecule is CCOC(=O)C(F)(F)OC1CCC(C(=O)OCCC(F)(F)C(F)(F)S(=O)(=O)[O-])CC1.c1ccc([S+](c2ccccc2)c2ccccc2)cc1. The number of esters is 2. The number of rotatable bonds is 13. The Morgan fingerprint density at radius 1 is 0.755 bits per heavy atom. The highest BCUT2D eigenvalue weighted by molar-refractivity contribution is 7.97. The van der Waals surface area contributed by atoms with Crippen LogP contribution in [0.4, 0.5) is 26.3 Å². The highest BCUT2D eigenvalue weighted by Gasteiger charge is 2.61. The first-order chi connectivity index (χ1) is 23.0. The molecule has 1 aliphatic rings. The first-order valence-electron chi connectivity index (χ1n) is 15.0. The zero-order chi connectivity index (χ0) is 36.3. The molecule has 0 amide bonds. The highest BCUT2D eigenvalue weighted by atomic mass is 32.2. The zero-order valence-electron chi connectivity index (χ0n) is 26.1. The average molecular weight is 737 g/mol. The van der Waals surface area contributed by atoms with Crippen LogP contribution in [0.25, 0.3) is 0 Å². The minimum absolute atomic E-state index is 0.0146. The first-order valence-corrected chi connectivity index (χ1v) is 17.6. The van der Waals surface area contributed by atoms with Gasteiger partial charge in [0.05, 0.1) is 42.6 Å². The fourth-order valence-electron chi connectivity index (χ4n) is 4.69. The third-order valence-electron chi connectivity index (χ3n) is 7.17. The number of benzene rings is 3. The van der Waals surface area contributed by atoms with Gasteiger partial charge < -0.3 is 18.8 Å². The van der Waals surface area contributed by atoms with Gasteiger partial charge in [-0.25, -0.2) is 13.2 Å². The second-order valence-electron chi connectivity index (χ2n) is 10.7. The molecule has 3 aromatic carbocycles. The molecule has 0 atom stereocenters. The monoisotopic (exact) mass is 736 g/mol. The van der Waals surface area contributed by atoms with Gasteiger partial charge in [-0.1, -0.05) is 54.6 Å². The summed E-state index contributed by atoms with van der Waals surface area (Å²) in [5.74, 6) is -9.16. The van der Waals surface area contributed by atoms with Crippen molar-refractivity contribution in [2.45, 2.75) is 77.1 Å². The predicted molar refractivity (Wildman–Crippen MR) is 165 cm³/mol. The van der Waals surface area contributed by atoms with E-state index in [-0.39, 0.29) is 43.2 Å². The Labute approximate surface area is 282 Å². The van der Waals surface area contributed by atoms with E-state index in [4.69, 9.17) is 0 Å². The van der Waals surface area contributed by atoms with Crippen LogP contribution in [0.1, 0.15) is 39.0 Å². The van der Waals surface area contributed by atoms with Crippen molar-refractivity contribution in [2.24, 2.45) is 5.92 Å². The molecule has 0 N–H and O–H groups in total. The molecule has 4 rings (SSSR count). The van der Waals surface area contributed by atoms with Gasteiger partial charge in [-0.3, -0.25) is 4.79 Å². The molecule has 0 heterocycles. The molecule has 0 aliphatic heterocycles. The van der Waals surface area contributed by atoms with Gasteiger partial charge in [-0.05, 0) is 69.0 Å². The van der Waals surface area contributed by atoms with Gasteiger partial charge in [-0.15, -0.1) is 0 Å². The van der Waals surface area contributed by atoms with Crippen molar-refractivity contribution in [1.29, 1.82) is 0 Å². The van der Waals surface area contributed by atoms with Gasteiger partial charge in [0.25, 0.3) is 0 Å². The lowest BCUT2D eigenvalue weighted by Gasteiger charge is -2.30. The Hall–Kier alpha value is -3.60. The quantitative estimate of drug-likeness (QED) is 0.0783. The molecule has 16 heteroatoms. The summed E-state index contributed by atoms with van der Waals surface area (Å²) in [5.41, 5.74) is 0. The Balaban J connectivity index is 0.000000291. The number of carbonyl (C=O) groups is 2. The summed E-state index contributed by atoms with van der Waals surface area (Å²) in [6, 6.07) is 32.2. The van der Waals surface area contributed by atoms with Crippen molar-refractivity contribution < 1.29 is 63.1 Å². The number of hydrogen-bond donors (Lipinski definition) is 0. The standard InChI is InChI=1S/C18H15S.C15H20F6O8S/c1-4-10-16(11-5-1)19(17-12-6-2-7-13-17)18-14-8-3-9-15-18;1-2-27-12(23)14(18,19)29-10-5-3-9(4-6-10)11(22)28-8-7-13(16,17)15(20,21)30(24,25)26/h1-15H;9-10H,2-8H2,1H3,(H,24,25,26)/q+1;/p-1. The number of halogens is 6. The smallest absolute Gasteiger partial charge is 0.456 e. The normalized spacial score (nSPS) is 17.1. The van der Waals surface area contributed by atoms with Gasteiger partial charge in [0.1, 0.15) is 0 Å². The second kappa shape index (κ2) is 17.4. The Morgan fingerprint density at radius 2 is 1.18 bits per heavy atom. The van der Waals surface area contributed by atoms with E-state index in [1.54, 1.807) is 0 Å². The van der Waals surface area contributed by atoms with E-state index in [0.717, 1.165) is 0 Å². The fourth-order valence-corrected chi connectivity index (χ4v) is 7.27. The Bertz CT molecular complexity index is 1500. The number of alkyl halides is 6. The van der Waals surface area contributed by atoms with Gasteiger partial charge in [0, 0.05) is 0 Å². The van der Waals surface area contributed by atoms with Crippen LogP contribution in [0.15, 0.2) is 106 Å². The van der Waals surface area contributed by atoms with Gasteiger partial charge >= 0.3 is 29.2 Å². The van der Waals surface area contributed by atoms with Crippen LogP contribution in [0.5, 0.6) is 0 Å². The van der Waals surface area contributed by atoms with E-state index >= 15 is 0 Å². The molecule has 1 aliphatic carbocycles. The minimum Gasteiger partial charge on any atom is -0.743 e. The molecule has 1 fully saturated rings. The lowest BCUT2D eigenvalue weighted by atomic mass is 9.87. The van der Waals surface area contributed by atoms with E-state index in [2.05, 4.69) is 105 Å². The molecule has 3 aromatic rings. The number of carbonyl (C=O) groups excluding carboxylic acids is 2. The molecular weight excluding hydrogens is 702 g/mol. The van der Waals surface area contributed by atoms with Gasteiger partial charge in [-0.2, -0.15) is 26.3 Å². The van der Waals surface area contributed by atoms with Crippen LogP contribution in [0.2, 0.25) is 0 Å². The van der Waals surface area contributed by atoms with E-state index in [0.29, 0.717) is 0 Å². The van der Waals surface area contributed by atoms with Crippen LogP contribution in [-0.4, -0.2) is 61.5 Å². The lowest BCUT2D eigenvalue weighted by molar-refractivity contribution is -0.269. The van der Waals surface area contributed by atoms with Crippen molar-refractivity contribution in [1.82, 2.24) is 0 Å². The van der Waals surface area contributed by atoms with Crippen LogP contribution in [-0.2, 0) is 44.8 Å². The first kappa shape index (κ1) is 39.8. The van der Waals surface area contributed by atoms with Crippen molar-refractivity contribution in [3.8, 4) is 0 Å². The Kier molecular flexibility index (Phi) is 14.1. The molecule has 8 nitrogen and oxygen atoms in total. The van der Waals surface area contributed by atoms with E-state index in [1.807, 2.05) is 0 Å². The topological polar surface area (TPSA) is 119 Å². The van der Waals surface area contributed by atoms with E-state index < -0.39 is 64.4 Å². The van der Waals surface area contributed by atoms with Crippen LogP contribution in [0, 0.1) is 5.92 Å². The highest BCUT2D eigenvalue weighted by Crippen LogP contribution is 2.41. The number of ether oxygens (including phenoxy) is 3. The van der Waals surface area contributed by atoms with E-state index in [9.17, 15) is 48.9 Å². The molecule has 1 saturated carbocycles. The van der Waals surface area contributed by atoms with Gasteiger partial charge in [0.15, 0.2) is 24.8 Å².